The number of carbonyl (C=O) groups is 1. The third kappa shape index (κ3) is 5.28. The zero-order chi connectivity index (χ0) is 15.9. The van der Waals surface area contributed by atoms with E-state index in [4.69, 9.17) is 0 Å². The lowest BCUT2D eigenvalue weighted by Gasteiger charge is -2.35. The summed E-state index contributed by atoms with van der Waals surface area (Å²) in [7, 11) is 0. The summed E-state index contributed by atoms with van der Waals surface area (Å²) in [5, 5.41) is 5.45. The number of nitrogens with zero attached hydrogens (tertiary/aromatic N) is 3. The van der Waals surface area contributed by atoms with Crippen LogP contribution >= 0.6 is 11.3 Å². The highest BCUT2D eigenvalue weighted by atomic mass is 32.1. The SMILES string of the molecule is O=C(CCN1CCN(CCc2cccs2)CC1)N1CCNCC1. The summed E-state index contributed by atoms with van der Waals surface area (Å²) in [6.45, 7) is 10.2. The molecule has 1 aromatic rings. The molecule has 0 spiro atoms. The van der Waals surface area contributed by atoms with Crippen LogP contribution in [0.4, 0.5) is 0 Å². The van der Waals surface area contributed by atoms with E-state index in [1.165, 1.54) is 11.3 Å². The number of nitrogens with one attached hydrogen (secondary N) is 1. The van der Waals surface area contributed by atoms with E-state index in [0.29, 0.717) is 12.3 Å². The van der Waals surface area contributed by atoms with Crippen LogP contribution in [0.2, 0.25) is 0 Å². The zero-order valence-corrected chi connectivity index (χ0v) is 14.7. The van der Waals surface area contributed by atoms with Gasteiger partial charge in [-0.15, -0.1) is 11.3 Å². The molecule has 0 atom stereocenters. The normalized spacial score (nSPS) is 20.8. The Morgan fingerprint density at radius 3 is 2.39 bits per heavy atom. The molecule has 5 nitrogen and oxygen atoms in total. The lowest BCUT2D eigenvalue weighted by atomic mass is 10.2. The molecule has 0 aliphatic carbocycles. The summed E-state index contributed by atoms with van der Waals surface area (Å²) in [5.74, 6) is 0.326. The lowest BCUT2D eigenvalue weighted by molar-refractivity contribution is -0.132. The van der Waals surface area contributed by atoms with Crippen molar-refractivity contribution in [1.29, 1.82) is 0 Å². The standard InChI is InChI=1S/C17H28N4OS/c22-17(21-9-5-18-6-10-21)4-8-20-13-11-19(12-14-20)7-3-16-2-1-15-23-16/h1-2,15,18H,3-14H2. The number of hydrogen-bond donors (Lipinski definition) is 1. The van der Waals surface area contributed by atoms with Crippen molar-refractivity contribution in [2.45, 2.75) is 12.8 Å². The number of piperazine rings is 2. The van der Waals surface area contributed by atoms with Crippen molar-refractivity contribution in [1.82, 2.24) is 20.0 Å². The predicted octanol–water partition coefficient (Wildman–Crippen LogP) is 0.730. The molecule has 23 heavy (non-hydrogen) atoms. The monoisotopic (exact) mass is 336 g/mol. The van der Waals surface area contributed by atoms with Crippen LogP contribution in [0.25, 0.3) is 0 Å². The van der Waals surface area contributed by atoms with E-state index in [1.54, 1.807) is 0 Å². The maximum atomic E-state index is 12.2. The van der Waals surface area contributed by atoms with Gasteiger partial charge in [-0.25, -0.2) is 0 Å². The molecule has 6 heteroatoms. The molecule has 1 aromatic heterocycles. The summed E-state index contributed by atoms with van der Waals surface area (Å²) in [4.78, 5) is 20.7. The molecule has 3 rings (SSSR count). The second-order valence-corrected chi connectivity index (χ2v) is 7.43. The number of hydrogen-bond acceptors (Lipinski definition) is 5. The minimum Gasteiger partial charge on any atom is -0.340 e. The molecule has 2 aliphatic heterocycles. The van der Waals surface area contributed by atoms with Crippen molar-refractivity contribution < 1.29 is 4.79 Å². The minimum absolute atomic E-state index is 0.326. The van der Waals surface area contributed by atoms with E-state index in [1.807, 2.05) is 16.2 Å². The largest absolute Gasteiger partial charge is 0.340 e. The molecule has 1 N–H and O–H groups in total. The van der Waals surface area contributed by atoms with Crippen LogP contribution in [0.3, 0.4) is 0 Å². The Morgan fingerprint density at radius 2 is 1.74 bits per heavy atom. The van der Waals surface area contributed by atoms with Crippen molar-refractivity contribution in [2.75, 3.05) is 65.4 Å². The maximum absolute atomic E-state index is 12.2. The van der Waals surface area contributed by atoms with Crippen LogP contribution in [0.5, 0.6) is 0 Å². The highest BCUT2D eigenvalue weighted by Gasteiger charge is 2.20. The van der Waals surface area contributed by atoms with Gasteiger partial charge < -0.3 is 20.0 Å². The topological polar surface area (TPSA) is 38.8 Å². The van der Waals surface area contributed by atoms with Gasteiger partial charge in [-0.1, -0.05) is 6.07 Å². The molecular formula is C17H28N4OS. The third-order valence-electron chi connectivity index (χ3n) is 4.83. The van der Waals surface area contributed by atoms with Crippen molar-refractivity contribution in [3.8, 4) is 0 Å². The fourth-order valence-electron chi connectivity index (χ4n) is 3.29. The quantitative estimate of drug-likeness (QED) is 0.831. The molecule has 128 valence electrons. The first kappa shape index (κ1) is 16.9. The van der Waals surface area contributed by atoms with Gasteiger partial charge in [0, 0.05) is 76.7 Å². The van der Waals surface area contributed by atoms with Gasteiger partial charge in [0.1, 0.15) is 0 Å². The number of amides is 1. The summed E-state index contributed by atoms with van der Waals surface area (Å²) in [6, 6.07) is 4.36. The summed E-state index contributed by atoms with van der Waals surface area (Å²) in [5.41, 5.74) is 0. The van der Waals surface area contributed by atoms with Gasteiger partial charge in [0.2, 0.25) is 5.91 Å². The predicted molar refractivity (Wildman–Crippen MR) is 95.0 cm³/mol. The van der Waals surface area contributed by atoms with E-state index < -0.39 is 0 Å². The highest BCUT2D eigenvalue weighted by molar-refractivity contribution is 7.09. The van der Waals surface area contributed by atoms with Gasteiger partial charge in [0.15, 0.2) is 0 Å². The van der Waals surface area contributed by atoms with E-state index in [9.17, 15) is 4.79 Å². The Balaban J connectivity index is 1.30. The molecular weight excluding hydrogens is 308 g/mol. The number of thiophene rings is 1. The molecule has 0 saturated carbocycles. The summed E-state index contributed by atoms with van der Waals surface area (Å²) >= 11 is 1.85. The average Bonchev–Trinajstić information content (AvgIpc) is 3.13. The molecule has 0 unspecified atom stereocenters. The first-order valence-electron chi connectivity index (χ1n) is 8.77. The highest BCUT2D eigenvalue weighted by Crippen LogP contribution is 2.11. The first-order chi connectivity index (χ1) is 11.3. The van der Waals surface area contributed by atoms with Crippen molar-refractivity contribution >= 4 is 17.2 Å². The van der Waals surface area contributed by atoms with E-state index in [2.05, 4.69) is 32.6 Å². The molecule has 2 saturated heterocycles. The van der Waals surface area contributed by atoms with Gasteiger partial charge in [0.05, 0.1) is 0 Å². The Labute approximate surface area is 143 Å². The van der Waals surface area contributed by atoms with Crippen LogP contribution in [0.1, 0.15) is 11.3 Å². The second kappa shape index (κ2) is 8.78. The maximum Gasteiger partial charge on any atom is 0.223 e. The minimum atomic E-state index is 0.326. The van der Waals surface area contributed by atoms with Crippen LogP contribution in [-0.4, -0.2) is 86.1 Å². The number of carbonyl (C=O) groups excluding carboxylic acids is 1. The van der Waals surface area contributed by atoms with Gasteiger partial charge in [-0.3, -0.25) is 4.79 Å². The van der Waals surface area contributed by atoms with E-state index in [-0.39, 0.29) is 0 Å². The molecule has 2 aliphatic rings. The van der Waals surface area contributed by atoms with Crippen LogP contribution < -0.4 is 5.32 Å². The summed E-state index contributed by atoms with van der Waals surface area (Å²) < 4.78 is 0. The Hall–Kier alpha value is -0.950. The summed E-state index contributed by atoms with van der Waals surface area (Å²) in [6.07, 6.45) is 1.84. The van der Waals surface area contributed by atoms with E-state index in [0.717, 1.165) is 65.4 Å². The molecule has 0 bridgehead atoms. The van der Waals surface area contributed by atoms with Gasteiger partial charge in [-0.2, -0.15) is 0 Å². The molecule has 1 amide bonds. The second-order valence-electron chi connectivity index (χ2n) is 6.39. The fraction of sp³-hybridized carbons (Fsp3) is 0.706. The van der Waals surface area contributed by atoms with Crippen molar-refractivity contribution in [3.63, 3.8) is 0 Å². The van der Waals surface area contributed by atoms with E-state index >= 15 is 0 Å². The number of rotatable bonds is 6. The average molecular weight is 337 g/mol. The molecule has 0 aromatic carbocycles. The van der Waals surface area contributed by atoms with Gasteiger partial charge in [0.25, 0.3) is 0 Å². The molecule has 3 heterocycles. The smallest absolute Gasteiger partial charge is 0.223 e. The first-order valence-corrected chi connectivity index (χ1v) is 9.65. The van der Waals surface area contributed by atoms with Crippen LogP contribution in [0.15, 0.2) is 17.5 Å². The lowest BCUT2D eigenvalue weighted by Crippen LogP contribution is -2.49. The van der Waals surface area contributed by atoms with Crippen molar-refractivity contribution in [2.24, 2.45) is 0 Å². The van der Waals surface area contributed by atoms with Crippen molar-refractivity contribution in [3.05, 3.63) is 22.4 Å². The molecule has 0 radical (unpaired) electrons. The van der Waals surface area contributed by atoms with Gasteiger partial charge in [-0.05, 0) is 17.9 Å². The van der Waals surface area contributed by atoms with Crippen LogP contribution in [-0.2, 0) is 11.2 Å². The van der Waals surface area contributed by atoms with Crippen LogP contribution in [0, 0.1) is 0 Å². The molecule has 2 fully saturated rings. The zero-order valence-electron chi connectivity index (χ0n) is 13.9. The Morgan fingerprint density at radius 1 is 1.04 bits per heavy atom. The Kier molecular flexibility index (Phi) is 6.45. The third-order valence-corrected chi connectivity index (χ3v) is 5.77. The fourth-order valence-corrected chi connectivity index (χ4v) is 3.98. The van der Waals surface area contributed by atoms with Gasteiger partial charge >= 0.3 is 0 Å². The Bertz CT molecular complexity index is 465.